The summed E-state index contributed by atoms with van der Waals surface area (Å²) in [5.41, 5.74) is 2.76. The third kappa shape index (κ3) is 5.55. The van der Waals surface area contributed by atoms with Gasteiger partial charge in [0, 0.05) is 17.1 Å². The normalized spacial score (nSPS) is 12.8. The minimum atomic E-state index is 0.414. The van der Waals surface area contributed by atoms with Gasteiger partial charge >= 0.3 is 0 Å². The van der Waals surface area contributed by atoms with Gasteiger partial charge in [-0.2, -0.15) is 11.3 Å². The quantitative estimate of drug-likeness (QED) is 0.729. The number of hydrogen-bond donors (Lipinski definition) is 1. The Bertz CT molecular complexity index is 527. The average molecular weight is 367 g/mol. The summed E-state index contributed by atoms with van der Waals surface area (Å²) in [4.78, 5) is 2.39. The molecule has 0 radical (unpaired) electrons. The van der Waals surface area contributed by atoms with E-state index in [1.54, 1.807) is 11.3 Å². The second-order valence-corrected chi connectivity index (χ2v) is 7.02. The highest BCUT2D eigenvalue weighted by Gasteiger charge is 2.12. The summed E-state index contributed by atoms with van der Waals surface area (Å²) < 4.78 is 1.15. The van der Waals surface area contributed by atoms with E-state index in [1.807, 2.05) is 0 Å². The van der Waals surface area contributed by atoms with Gasteiger partial charge in [-0.3, -0.25) is 0 Å². The van der Waals surface area contributed by atoms with E-state index in [0.717, 1.165) is 30.5 Å². The van der Waals surface area contributed by atoms with Crippen molar-refractivity contribution in [3.8, 4) is 0 Å². The van der Waals surface area contributed by atoms with Crippen LogP contribution in [0.5, 0.6) is 0 Å². The van der Waals surface area contributed by atoms with Crippen molar-refractivity contribution in [1.82, 2.24) is 10.2 Å². The van der Waals surface area contributed by atoms with Crippen LogP contribution in [0, 0.1) is 0 Å². The minimum Gasteiger partial charge on any atom is -0.310 e. The van der Waals surface area contributed by atoms with E-state index < -0.39 is 0 Å². The molecule has 114 valence electrons. The van der Waals surface area contributed by atoms with Crippen LogP contribution in [-0.2, 0) is 6.54 Å². The van der Waals surface area contributed by atoms with Crippen molar-refractivity contribution >= 4 is 27.3 Å². The predicted molar refractivity (Wildman–Crippen MR) is 95.8 cm³/mol. The molecule has 1 atom stereocenters. The first-order valence-electron chi connectivity index (χ1n) is 7.37. The first-order chi connectivity index (χ1) is 10.2. The summed E-state index contributed by atoms with van der Waals surface area (Å²) in [6.45, 7) is 5.27. The molecule has 2 aromatic rings. The molecule has 0 aliphatic carbocycles. The van der Waals surface area contributed by atoms with Gasteiger partial charge in [0.1, 0.15) is 0 Å². The number of benzene rings is 1. The van der Waals surface area contributed by atoms with E-state index in [9.17, 15) is 0 Å². The summed E-state index contributed by atoms with van der Waals surface area (Å²) in [7, 11) is 2.20. The number of nitrogens with one attached hydrogen (secondary N) is 1. The topological polar surface area (TPSA) is 15.3 Å². The van der Waals surface area contributed by atoms with Crippen molar-refractivity contribution in [2.24, 2.45) is 0 Å². The zero-order valence-corrected chi connectivity index (χ0v) is 15.1. The molecule has 4 heteroatoms. The lowest BCUT2D eigenvalue weighted by molar-refractivity contribution is 0.302. The lowest BCUT2D eigenvalue weighted by atomic mass is 10.0. The van der Waals surface area contributed by atoms with E-state index in [4.69, 9.17) is 0 Å². The molecular formula is C17H23BrN2S. The molecule has 0 bridgehead atoms. The highest BCUT2D eigenvalue weighted by Crippen LogP contribution is 2.21. The van der Waals surface area contributed by atoms with Crippen LogP contribution in [0.2, 0.25) is 0 Å². The number of thiophene rings is 1. The largest absolute Gasteiger partial charge is 0.310 e. The summed E-state index contributed by atoms with van der Waals surface area (Å²) in [6, 6.07) is 11.2. The van der Waals surface area contributed by atoms with Gasteiger partial charge in [-0.1, -0.05) is 35.0 Å². The van der Waals surface area contributed by atoms with E-state index in [-0.39, 0.29) is 0 Å². The first kappa shape index (κ1) is 16.7. The van der Waals surface area contributed by atoms with Crippen molar-refractivity contribution in [3.63, 3.8) is 0 Å². The number of nitrogens with zero attached hydrogens (tertiary/aromatic N) is 1. The maximum Gasteiger partial charge on any atom is 0.0332 e. The van der Waals surface area contributed by atoms with Crippen molar-refractivity contribution in [1.29, 1.82) is 0 Å². The van der Waals surface area contributed by atoms with E-state index in [0.29, 0.717) is 6.04 Å². The Kier molecular flexibility index (Phi) is 6.90. The third-order valence-corrected chi connectivity index (χ3v) is 4.76. The third-order valence-electron chi connectivity index (χ3n) is 3.53. The fraction of sp³-hybridized carbons (Fsp3) is 0.412. The van der Waals surface area contributed by atoms with E-state index >= 15 is 0 Å². The van der Waals surface area contributed by atoms with Gasteiger partial charge < -0.3 is 10.2 Å². The molecule has 1 heterocycles. The fourth-order valence-corrected chi connectivity index (χ4v) is 3.56. The number of rotatable bonds is 8. The molecule has 0 saturated carbocycles. The Balaban J connectivity index is 1.90. The highest BCUT2D eigenvalue weighted by atomic mass is 79.9. The Morgan fingerprint density at radius 2 is 2.19 bits per heavy atom. The Morgan fingerprint density at radius 3 is 2.86 bits per heavy atom. The van der Waals surface area contributed by atoms with Crippen LogP contribution >= 0.6 is 27.3 Å². The standard InChI is InChI=1S/C17H23BrN2S/c1-3-19-17(15-5-4-6-16(18)11-15)7-9-20(2)12-14-8-10-21-13-14/h4-6,8,10-11,13,17,19H,3,7,9,12H2,1-2H3. The molecule has 0 aliphatic heterocycles. The molecule has 1 aromatic heterocycles. The predicted octanol–water partition coefficient (Wildman–Crippen LogP) is 4.68. The second kappa shape index (κ2) is 8.69. The van der Waals surface area contributed by atoms with Gasteiger partial charge in [0.2, 0.25) is 0 Å². The first-order valence-corrected chi connectivity index (χ1v) is 9.11. The molecule has 2 rings (SSSR count). The lowest BCUT2D eigenvalue weighted by Gasteiger charge is -2.22. The van der Waals surface area contributed by atoms with Crippen LogP contribution in [-0.4, -0.2) is 25.0 Å². The van der Waals surface area contributed by atoms with Crippen molar-refractivity contribution in [2.75, 3.05) is 20.1 Å². The van der Waals surface area contributed by atoms with Gasteiger partial charge in [-0.05, 0) is 66.6 Å². The van der Waals surface area contributed by atoms with Gasteiger partial charge in [-0.15, -0.1) is 0 Å². The van der Waals surface area contributed by atoms with Crippen LogP contribution in [0.25, 0.3) is 0 Å². The number of hydrogen-bond acceptors (Lipinski definition) is 3. The second-order valence-electron chi connectivity index (χ2n) is 5.32. The maximum absolute atomic E-state index is 3.59. The Hall–Kier alpha value is -0.680. The van der Waals surface area contributed by atoms with Gasteiger partial charge in [0.05, 0.1) is 0 Å². The SMILES string of the molecule is CCNC(CCN(C)Cc1ccsc1)c1cccc(Br)c1. The zero-order chi connectivity index (χ0) is 15.1. The van der Waals surface area contributed by atoms with Crippen molar-refractivity contribution in [2.45, 2.75) is 25.9 Å². The van der Waals surface area contributed by atoms with Crippen molar-refractivity contribution < 1.29 is 0 Å². The monoisotopic (exact) mass is 366 g/mol. The van der Waals surface area contributed by atoms with Gasteiger partial charge in [0.25, 0.3) is 0 Å². The molecule has 0 spiro atoms. The molecule has 1 aromatic carbocycles. The lowest BCUT2D eigenvalue weighted by Crippen LogP contribution is -2.27. The Labute approximate surface area is 140 Å². The highest BCUT2D eigenvalue weighted by molar-refractivity contribution is 9.10. The molecule has 0 amide bonds. The summed E-state index contributed by atoms with van der Waals surface area (Å²) in [5.74, 6) is 0. The van der Waals surface area contributed by atoms with Gasteiger partial charge in [0.15, 0.2) is 0 Å². The van der Waals surface area contributed by atoms with E-state index in [1.165, 1.54) is 11.1 Å². The van der Waals surface area contributed by atoms with Crippen LogP contribution in [0.4, 0.5) is 0 Å². The molecule has 1 unspecified atom stereocenters. The van der Waals surface area contributed by atoms with Crippen LogP contribution in [0.3, 0.4) is 0 Å². The van der Waals surface area contributed by atoms with Crippen LogP contribution in [0.1, 0.15) is 30.5 Å². The summed E-state index contributed by atoms with van der Waals surface area (Å²) >= 11 is 5.33. The molecule has 0 aliphatic rings. The minimum absolute atomic E-state index is 0.414. The average Bonchev–Trinajstić information content (AvgIpc) is 2.96. The van der Waals surface area contributed by atoms with Crippen LogP contribution < -0.4 is 5.32 Å². The van der Waals surface area contributed by atoms with E-state index in [2.05, 4.69) is 81.2 Å². The molecule has 0 fully saturated rings. The molecule has 21 heavy (non-hydrogen) atoms. The smallest absolute Gasteiger partial charge is 0.0332 e. The fourth-order valence-electron chi connectivity index (χ4n) is 2.48. The molecule has 2 nitrogen and oxygen atoms in total. The summed E-state index contributed by atoms with van der Waals surface area (Å²) in [6.07, 6.45) is 1.12. The molecule has 1 N–H and O–H groups in total. The number of halogens is 1. The van der Waals surface area contributed by atoms with Gasteiger partial charge in [-0.25, -0.2) is 0 Å². The van der Waals surface area contributed by atoms with Crippen LogP contribution in [0.15, 0.2) is 45.6 Å². The molecule has 0 saturated heterocycles. The molecular weight excluding hydrogens is 344 g/mol. The Morgan fingerprint density at radius 1 is 1.33 bits per heavy atom. The zero-order valence-electron chi connectivity index (χ0n) is 12.7. The summed E-state index contributed by atoms with van der Waals surface area (Å²) in [5, 5.41) is 7.97. The maximum atomic E-state index is 3.59. The van der Waals surface area contributed by atoms with Crippen molar-refractivity contribution in [3.05, 3.63) is 56.7 Å².